The molecule has 3 aromatic rings. The summed E-state index contributed by atoms with van der Waals surface area (Å²) in [4.78, 5) is 16.6. The lowest BCUT2D eigenvalue weighted by molar-refractivity contribution is -0.134. The lowest BCUT2D eigenvalue weighted by Gasteiger charge is -2.24. The smallest absolute Gasteiger partial charge is 0.257 e. The molecule has 1 aliphatic rings. The number of hydrazone groups is 1. The van der Waals surface area contributed by atoms with E-state index in [0.717, 1.165) is 35.9 Å². The van der Waals surface area contributed by atoms with Crippen LogP contribution in [0.25, 0.3) is 0 Å². The summed E-state index contributed by atoms with van der Waals surface area (Å²) in [5, 5.41) is 8.36. The molecule has 0 N–H and O–H groups in total. The lowest BCUT2D eigenvalue weighted by Crippen LogP contribution is -2.37. The van der Waals surface area contributed by atoms with Crippen LogP contribution in [0.2, 0.25) is 0 Å². The number of thiophene rings is 1. The average Bonchev–Trinajstić information content (AvgIpc) is 3.54. The lowest BCUT2D eigenvalue weighted by atomic mass is 10.0. The molecule has 0 spiro atoms. The SMILES string of the molecule is CCN(CC(=O)N1N=C(c2ccc(OC)cc2)C[C@H]1c1ccco1)Cc1cccs1. The molecule has 1 aliphatic heterocycles. The quantitative estimate of drug-likeness (QED) is 0.533. The summed E-state index contributed by atoms with van der Waals surface area (Å²) >= 11 is 1.71. The second-order valence-electron chi connectivity index (χ2n) is 7.13. The molecule has 0 bridgehead atoms. The minimum absolute atomic E-state index is 0.0293. The Morgan fingerprint density at radius 3 is 2.73 bits per heavy atom. The van der Waals surface area contributed by atoms with Crippen molar-refractivity contribution in [2.75, 3.05) is 20.2 Å². The number of amides is 1. The fourth-order valence-corrected chi connectivity index (χ4v) is 4.31. The third-order valence-electron chi connectivity index (χ3n) is 5.23. The van der Waals surface area contributed by atoms with Crippen LogP contribution in [-0.4, -0.2) is 41.7 Å². The molecule has 0 fully saturated rings. The molecule has 7 heteroatoms. The van der Waals surface area contributed by atoms with Crippen LogP contribution in [0, 0.1) is 0 Å². The maximum absolute atomic E-state index is 13.2. The fraction of sp³-hybridized carbons (Fsp3) is 0.304. The van der Waals surface area contributed by atoms with Gasteiger partial charge >= 0.3 is 0 Å². The number of methoxy groups -OCH3 is 1. The molecule has 3 heterocycles. The van der Waals surface area contributed by atoms with Gasteiger partial charge in [-0.25, -0.2) is 5.01 Å². The molecule has 30 heavy (non-hydrogen) atoms. The normalized spacial score (nSPS) is 16.2. The highest BCUT2D eigenvalue weighted by Crippen LogP contribution is 2.33. The van der Waals surface area contributed by atoms with E-state index in [-0.39, 0.29) is 11.9 Å². The zero-order valence-electron chi connectivity index (χ0n) is 17.2. The van der Waals surface area contributed by atoms with E-state index in [1.165, 1.54) is 4.88 Å². The molecule has 0 saturated carbocycles. The van der Waals surface area contributed by atoms with E-state index < -0.39 is 0 Å². The van der Waals surface area contributed by atoms with Crippen LogP contribution >= 0.6 is 11.3 Å². The summed E-state index contributed by atoms with van der Waals surface area (Å²) in [5.41, 5.74) is 1.85. The van der Waals surface area contributed by atoms with Crippen LogP contribution in [-0.2, 0) is 11.3 Å². The number of carbonyl (C=O) groups excluding carboxylic acids is 1. The van der Waals surface area contributed by atoms with Gasteiger partial charge in [-0.3, -0.25) is 9.69 Å². The highest BCUT2D eigenvalue weighted by Gasteiger charge is 2.35. The van der Waals surface area contributed by atoms with E-state index >= 15 is 0 Å². The van der Waals surface area contributed by atoms with Gasteiger partial charge in [0.2, 0.25) is 0 Å². The topological polar surface area (TPSA) is 58.3 Å². The molecular weight excluding hydrogens is 398 g/mol. The van der Waals surface area contributed by atoms with Crippen molar-refractivity contribution >= 4 is 23.0 Å². The fourth-order valence-electron chi connectivity index (χ4n) is 3.57. The Morgan fingerprint density at radius 1 is 1.27 bits per heavy atom. The summed E-state index contributed by atoms with van der Waals surface area (Å²) in [6.45, 7) is 3.93. The van der Waals surface area contributed by atoms with Crippen LogP contribution in [0.15, 0.2) is 69.7 Å². The van der Waals surface area contributed by atoms with Crippen molar-refractivity contribution in [1.82, 2.24) is 9.91 Å². The molecule has 156 valence electrons. The number of ether oxygens (including phenoxy) is 1. The van der Waals surface area contributed by atoms with Crippen LogP contribution in [0.5, 0.6) is 5.75 Å². The molecule has 1 aromatic carbocycles. The minimum atomic E-state index is -0.231. The molecule has 0 radical (unpaired) electrons. The standard InChI is InChI=1S/C23H25N3O3S/c1-3-25(15-19-6-5-13-30-19)16-23(27)26-21(22-7-4-12-29-22)14-20(24-26)17-8-10-18(28-2)11-9-17/h4-13,21H,3,14-16H2,1-2H3/t21-/m0/s1. The van der Waals surface area contributed by atoms with Crippen molar-refractivity contribution in [1.29, 1.82) is 0 Å². The molecule has 0 aliphatic carbocycles. The Kier molecular flexibility index (Phi) is 6.30. The maximum Gasteiger partial charge on any atom is 0.257 e. The van der Waals surface area contributed by atoms with Gasteiger partial charge in [0, 0.05) is 17.8 Å². The highest BCUT2D eigenvalue weighted by atomic mass is 32.1. The van der Waals surface area contributed by atoms with Crippen molar-refractivity contribution in [3.63, 3.8) is 0 Å². The monoisotopic (exact) mass is 423 g/mol. The van der Waals surface area contributed by atoms with Crippen LogP contribution in [0.4, 0.5) is 0 Å². The van der Waals surface area contributed by atoms with E-state index in [2.05, 4.69) is 23.3 Å². The van der Waals surface area contributed by atoms with Gasteiger partial charge in [0.05, 0.1) is 25.6 Å². The van der Waals surface area contributed by atoms with E-state index in [9.17, 15) is 4.79 Å². The first kappa shape index (κ1) is 20.4. The van der Waals surface area contributed by atoms with Crippen molar-refractivity contribution in [3.05, 3.63) is 76.4 Å². The van der Waals surface area contributed by atoms with E-state index in [1.807, 2.05) is 42.5 Å². The van der Waals surface area contributed by atoms with Crippen molar-refractivity contribution in [3.8, 4) is 5.75 Å². The minimum Gasteiger partial charge on any atom is -0.497 e. The molecule has 1 atom stereocenters. The van der Waals surface area contributed by atoms with Crippen LogP contribution in [0.3, 0.4) is 0 Å². The van der Waals surface area contributed by atoms with Gasteiger partial charge in [-0.2, -0.15) is 5.10 Å². The van der Waals surface area contributed by atoms with Gasteiger partial charge < -0.3 is 9.15 Å². The number of benzene rings is 1. The second-order valence-corrected chi connectivity index (χ2v) is 8.16. The zero-order valence-corrected chi connectivity index (χ0v) is 18.0. The van der Waals surface area contributed by atoms with E-state index in [4.69, 9.17) is 14.3 Å². The summed E-state index contributed by atoms with van der Waals surface area (Å²) in [6, 6.07) is 15.4. The van der Waals surface area contributed by atoms with Crippen molar-refractivity contribution in [2.24, 2.45) is 5.10 Å². The number of hydrogen-bond donors (Lipinski definition) is 0. The Labute approximate surface area is 180 Å². The first-order valence-electron chi connectivity index (χ1n) is 10.00. The van der Waals surface area contributed by atoms with Gasteiger partial charge in [0.15, 0.2) is 0 Å². The molecule has 2 aromatic heterocycles. The molecule has 6 nitrogen and oxygen atoms in total. The first-order chi connectivity index (χ1) is 14.7. The Bertz CT molecular complexity index is 981. The van der Waals surface area contributed by atoms with E-state index in [0.29, 0.717) is 13.0 Å². The Balaban J connectivity index is 1.54. The molecule has 1 amide bonds. The Hall–Kier alpha value is -2.90. The predicted octanol–water partition coefficient (Wildman–Crippen LogP) is 4.55. The average molecular weight is 424 g/mol. The number of nitrogens with zero attached hydrogens (tertiary/aromatic N) is 3. The number of carbonyl (C=O) groups is 1. The largest absolute Gasteiger partial charge is 0.497 e. The zero-order chi connectivity index (χ0) is 20.9. The number of likely N-dealkylation sites (N-methyl/N-ethyl adjacent to an activating group) is 1. The van der Waals surface area contributed by atoms with Crippen LogP contribution in [0.1, 0.15) is 35.6 Å². The third-order valence-corrected chi connectivity index (χ3v) is 6.09. The molecule has 0 unspecified atom stereocenters. The van der Waals surface area contributed by atoms with Gasteiger partial charge in [0.1, 0.15) is 17.6 Å². The Morgan fingerprint density at radius 2 is 2.10 bits per heavy atom. The highest BCUT2D eigenvalue weighted by molar-refractivity contribution is 7.09. The number of furan rings is 1. The number of rotatable bonds is 8. The summed E-state index contributed by atoms with van der Waals surface area (Å²) in [5.74, 6) is 1.51. The molecular formula is C23H25N3O3S. The second kappa shape index (κ2) is 9.28. The van der Waals surface area contributed by atoms with Crippen molar-refractivity contribution in [2.45, 2.75) is 25.9 Å². The first-order valence-corrected chi connectivity index (χ1v) is 10.9. The molecule has 4 rings (SSSR count). The maximum atomic E-state index is 13.2. The summed E-state index contributed by atoms with van der Waals surface area (Å²) in [7, 11) is 1.64. The van der Waals surface area contributed by atoms with Gasteiger partial charge in [0.25, 0.3) is 5.91 Å². The number of hydrogen-bond acceptors (Lipinski definition) is 6. The third kappa shape index (κ3) is 4.47. The van der Waals surface area contributed by atoms with Gasteiger partial charge in [-0.05, 0) is 60.0 Å². The van der Waals surface area contributed by atoms with Gasteiger partial charge in [-0.1, -0.05) is 13.0 Å². The van der Waals surface area contributed by atoms with Crippen LogP contribution < -0.4 is 4.74 Å². The summed E-state index contributed by atoms with van der Waals surface area (Å²) < 4.78 is 10.9. The van der Waals surface area contributed by atoms with E-state index in [1.54, 1.807) is 29.7 Å². The molecule has 0 saturated heterocycles. The van der Waals surface area contributed by atoms with Gasteiger partial charge in [-0.15, -0.1) is 11.3 Å². The predicted molar refractivity (Wildman–Crippen MR) is 118 cm³/mol. The summed E-state index contributed by atoms with van der Waals surface area (Å²) in [6.07, 6.45) is 2.25. The van der Waals surface area contributed by atoms with Crippen molar-refractivity contribution < 1.29 is 13.9 Å².